The van der Waals surface area contributed by atoms with Crippen LogP contribution in [0.2, 0.25) is 0 Å². The number of alkyl halides is 3. The smallest absolute Gasteiger partial charge is 0.406 e. The molecule has 33 heavy (non-hydrogen) atoms. The van der Waals surface area contributed by atoms with Gasteiger partial charge in [0, 0.05) is 17.8 Å². The minimum Gasteiger partial charge on any atom is -0.406 e. The Balaban J connectivity index is 1.41. The summed E-state index contributed by atoms with van der Waals surface area (Å²) in [4.78, 5) is 4.45. The van der Waals surface area contributed by atoms with Crippen LogP contribution in [-0.2, 0) is 6.42 Å². The van der Waals surface area contributed by atoms with Crippen LogP contribution < -0.4 is 21.9 Å². The van der Waals surface area contributed by atoms with Crippen molar-refractivity contribution in [3.63, 3.8) is 0 Å². The summed E-state index contributed by atoms with van der Waals surface area (Å²) in [5, 5.41) is 0. The van der Waals surface area contributed by atoms with Gasteiger partial charge >= 0.3 is 6.36 Å². The number of ether oxygens (including phenoxy) is 1. The average Bonchev–Trinajstić information content (AvgIpc) is 2.78. The number of halogens is 3. The Morgan fingerprint density at radius 1 is 1.06 bits per heavy atom. The van der Waals surface area contributed by atoms with Gasteiger partial charge in [-0.2, -0.15) is 0 Å². The van der Waals surface area contributed by atoms with Crippen molar-refractivity contribution in [3.8, 4) is 5.75 Å². The molecule has 1 aliphatic heterocycles. The van der Waals surface area contributed by atoms with Crippen molar-refractivity contribution in [3.05, 3.63) is 41.1 Å². The van der Waals surface area contributed by atoms with Crippen LogP contribution in [0, 0.1) is 5.92 Å². The fourth-order valence-corrected chi connectivity index (χ4v) is 5.85. The molecule has 0 aromatic heterocycles. The SMILES string of the molecule is CN1C(N)C2=C(CCCC2)N(C2CCC(C(N)Cc3ccccc3OC(F)(F)F)CC2)C1N. The van der Waals surface area contributed by atoms with Crippen LogP contribution in [0.1, 0.15) is 56.9 Å². The van der Waals surface area contributed by atoms with Crippen LogP contribution in [-0.4, -0.2) is 47.7 Å². The van der Waals surface area contributed by atoms with Crippen LogP contribution in [0.3, 0.4) is 0 Å². The summed E-state index contributed by atoms with van der Waals surface area (Å²) >= 11 is 0. The van der Waals surface area contributed by atoms with E-state index < -0.39 is 6.36 Å². The van der Waals surface area contributed by atoms with Gasteiger partial charge < -0.3 is 21.1 Å². The molecule has 1 aromatic carbocycles. The second-order valence-electron chi connectivity index (χ2n) is 9.70. The predicted molar refractivity (Wildman–Crippen MR) is 122 cm³/mol. The number of para-hydroxylation sites is 1. The van der Waals surface area contributed by atoms with Crippen LogP contribution in [0.25, 0.3) is 0 Å². The van der Waals surface area contributed by atoms with Gasteiger partial charge in [0.1, 0.15) is 12.0 Å². The van der Waals surface area contributed by atoms with Gasteiger partial charge in [0.15, 0.2) is 0 Å². The lowest BCUT2D eigenvalue weighted by Crippen LogP contribution is -2.65. The highest BCUT2D eigenvalue weighted by Crippen LogP contribution is 2.40. The first-order valence-electron chi connectivity index (χ1n) is 12.0. The maximum Gasteiger partial charge on any atom is 0.573 e. The molecule has 3 atom stereocenters. The second-order valence-corrected chi connectivity index (χ2v) is 9.70. The predicted octanol–water partition coefficient (Wildman–Crippen LogP) is 3.62. The minimum atomic E-state index is -4.71. The Morgan fingerprint density at radius 2 is 1.73 bits per heavy atom. The monoisotopic (exact) mass is 467 g/mol. The molecule has 3 unspecified atom stereocenters. The molecular formula is C24H36F3N5O. The molecule has 0 bridgehead atoms. The normalized spacial score (nSPS) is 30.2. The van der Waals surface area contributed by atoms with Gasteiger partial charge in [-0.15, -0.1) is 13.2 Å². The molecule has 0 radical (unpaired) electrons. The first-order valence-corrected chi connectivity index (χ1v) is 12.0. The highest BCUT2D eigenvalue weighted by Gasteiger charge is 2.40. The van der Waals surface area contributed by atoms with E-state index in [4.69, 9.17) is 17.2 Å². The summed E-state index contributed by atoms with van der Waals surface area (Å²) in [6, 6.07) is 6.38. The highest BCUT2D eigenvalue weighted by molar-refractivity contribution is 5.34. The van der Waals surface area contributed by atoms with Crippen LogP contribution in [0.15, 0.2) is 35.5 Å². The topological polar surface area (TPSA) is 93.8 Å². The Hall–Kier alpha value is -1.81. The Morgan fingerprint density at radius 3 is 2.42 bits per heavy atom. The Bertz CT molecular complexity index is 853. The quantitative estimate of drug-likeness (QED) is 0.613. The highest BCUT2D eigenvalue weighted by atomic mass is 19.4. The molecule has 0 saturated heterocycles. The molecule has 1 heterocycles. The first kappa shape index (κ1) is 24.3. The lowest BCUT2D eigenvalue weighted by atomic mass is 9.78. The van der Waals surface area contributed by atoms with Gasteiger partial charge in [-0.1, -0.05) is 18.2 Å². The third-order valence-electron chi connectivity index (χ3n) is 7.68. The minimum absolute atomic E-state index is 0.115. The van der Waals surface area contributed by atoms with Gasteiger partial charge in [-0.05, 0) is 88.0 Å². The Labute approximate surface area is 193 Å². The van der Waals surface area contributed by atoms with Crippen molar-refractivity contribution in [2.24, 2.45) is 23.1 Å². The molecule has 1 aromatic rings. The molecule has 6 nitrogen and oxygen atoms in total. The van der Waals surface area contributed by atoms with E-state index in [0.717, 1.165) is 44.9 Å². The van der Waals surface area contributed by atoms with Crippen LogP contribution in [0.5, 0.6) is 5.75 Å². The molecular weight excluding hydrogens is 431 g/mol. The molecule has 2 aliphatic carbocycles. The fraction of sp³-hybridized carbons (Fsp3) is 0.667. The number of hydrogen-bond donors (Lipinski definition) is 3. The molecule has 1 fully saturated rings. The zero-order valence-corrected chi connectivity index (χ0v) is 19.2. The molecule has 1 saturated carbocycles. The standard InChI is InChI=1S/C24H36F3N5O/c1-31-22(29)18-7-3-4-8-20(18)32(23(31)30)17-12-10-15(11-13-17)19(28)14-16-6-2-5-9-21(16)33-24(25,26)27/h2,5-6,9,15,17,19,22-23H,3-4,7-8,10-14,28-30H2,1H3. The van der Waals surface area contributed by atoms with Crippen molar-refractivity contribution in [1.82, 2.24) is 9.80 Å². The third-order valence-corrected chi connectivity index (χ3v) is 7.68. The number of allylic oxidation sites excluding steroid dienone is 1. The van der Waals surface area contributed by atoms with Gasteiger partial charge in [0.25, 0.3) is 0 Å². The van der Waals surface area contributed by atoms with Gasteiger partial charge in [-0.3, -0.25) is 10.6 Å². The second kappa shape index (κ2) is 9.82. The van der Waals surface area contributed by atoms with E-state index in [1.807, 2.05) is 7.05 Å². The zero-order chi connectivity index (χ0) is 23.8. The van der Waals surface area contributed by atoms with E-state index in [1.54, 1.807) is 18.2 Å². The summed E-state index contributed by atoms with van der Waals surface area (Å²) in [7, 11) is 1.99. The first-order chi connectivity index (χ1) is 15.7. The molecule has 0 spiro atoms. The maximum atomic E-state index is 12.8. The van der Waals surface area contributed by atoms with E-state index in [1.165, 1.54) is 23.8 Å². The number of nitrogens with zero attached hydrogens (tertiary/aromatic N) is 2. The number of hydrogen-bond acceptors (Lipinski definition) is 6. The van der Waals surface area contributed by atoms with E-state index in [-0.39, 0.29) is 30.2 Å². The summed E-state index contributed by atoms with van der Waals surface area (Å²) in [5.41, 5.74) is 22.7. The van der Waals surface area contributed by atoms with Gasteiger partial charge in [0.05, 0.1) is 6.17 Å². The Kier molecular flexibility index (Phi) is 7.23. The summed E-state index contributed by atoms with van der Waals surface area (Å²) in [6.45, 7) is 0. The lowest BCUT2D eigenvalue weighted by molar-refractivity contribution is -0.274. The molecule has 0 amide bonds. The number of benzene rings is 1. The third kappa shape index (κ3) is 5.31. The van der Waals surface area contributed by atoms with E-state index in [2.05, 4.69) is 14.5 Å². The van der Waals surface area contributed by atoms with Crippen molar-refractivity contribution >= 4 is 0 Å². The maximum absolute atomic E-state index is 12.8. The average molecular weight is 468 g/mol. The number of rotatable bonds is 5. The van der Waals surface area contributed by atoms with E-state index in [9.17, 15) is 13.2 Å². The lowest BCUT2D eigenvalue weighted by Gasteiger charge is -2.52. The number of likely N-dealkylation sites (N-methyl/N-ethyl adjacent to an activating group) is 1. The summed E-state index contributed by atoms with van der Waals surface area (Å²) in [5.74, 6) is 0.0885. The van der Waals surface area contributed by atoms with Crippen molar-refractivity contribution in [2.45, 2.75) is 88.7 Å². The summed E-state index contributed by atoms with van der Waals surface area (Å²) in [6.07, 6.45) is 3.47. The van der Waals surface area contributed by atoms with Gasteiger partial charge in [0.2, 0.25) is 0 Å². The van der Waals surface area contributed by atoms with Crippen molar-refractivity contribution in [2.75, 3.05) is 7.05 Å². The van der Waals surface area contributed by atoms with Crippen LogP contribution >= 0.6 is 0 Å². The van der Waals surface area contributed by atoms with E-state index >= 15 is 0 Å². The van der Waals surface area contributed by atoms with Gasteiger partial charge in [-0.25, -0.2) is 0 Å². The van der Waals surface area contributed by atoms with E-state index in [0.29, 0.717) is 18.0 Å². The molecule has 6 N–H and O–H groups in total. The molecule has 184 valence electrons. The summed E-state index contributed by atoms with van der Waals surface area (Å²) < 4.78 is 42.5. The number of nitrogens with two attached hydrogens (primary N) is 3. The zero-order valence-electron chi connectivity index (χ0n) is 19.2. The fourth-order valence-electron chi connectivity index (χ4n) is 5.85. The van der Waals surface area contributed by atoms with Crippen molar-refractivity contribution < 1.29 is 17.9 Å². The molecule has 3 aliphatic rings. The van der Waals surface area contributed by atoms with Crippen LogP contribution in [0.4, 0.5) is 13.2 Å². The molecule has 9 heteroatoms. The largest absolute Gasteiger partial charge is 0.573 e. The van der Waals surface area contributed by atoms with Crippen molar-refractivity contribution in [1.29, 1.82) is 0 Å². The molecule has 4 rings (SSSR count).